The standard InChI is InChI=1S/C16H18ClN3OS/c17-14-6-2-1-4-11(14)8-13-10-19-16(22-13)20-15(21)9-12-5-3-7-18-12/h1-2,4,6,10,12,18H,3,5,7-9H2,(H,19,20,21). The van der Waals surface area contributed by atoms with E-state index < -0.39 is 0 Å². The first-order valence-corrected chi connectivity index (χ1v) is 8.61. The first kappa shape index (κ1) is 15.5. The topological polar surface area (TPSA) is 54.0 Å². The van der Waals surface area contributed by atoms with Gasteiger partial charge in [0.05, 0.1) is 0 Å². The minimum absolute atomic E-state index is 0.0260. The van der Waals surface area contributed by atoms with Gasteiger partial charge in [0, 0.05) is 35.0 Å². The number of thiazole rings is 1. The van der Waals surface area contributed by atoms with Crippen molar-refractivity contribution in [2.24, 2.45) is 0 Å². The molecule has 0 saturated carbocycles. The monoisotopic (exact) mass is 335 g/mol. The summed E-state index contributed by atoms with van der Waals surface area (Å²) in [6.45, 7) is 1.01. The zero-order valence-corrected chi connectivity index (χ0v) is 13.7. The van der Waals surface area contributed by atoms with Crippen molar-refractivity contribution >= 4 is 34.0 Å². The third kappa shape index (κ3) is 4.06. The van der Waals surface area contributed by atoms with Crippen molar-refractivity contribution in [3.05, 3.63) is 45.9 Å². The molecule has 1 atom stereocenters. The van der Waals surface area contributed by atoms with E-state index >= 15 is 0 Å². The van der Waals surface area contributed by atoms with Gasteiger partial charge >= 0.3 is 0 Å². The predicted molar refractivity (Wildman–Crippen MR) is 90.6 cm³/mol. The van der Waals surface area contributed by atoms with Gasteiger partial charge in [0.15, 0.2) is 5.13 Å². The molecule has 4 nitrogen and oxygen atoms in total. The number of carbonyl (C=O) groups excluding carboxylic acids is 1. The van der Waals surface area contributed by atoms with Gasteiger partial charge in [0.2, 0.25) is 5.91 Å². The van der Waals surface area contributed by atoms with Gasteiger partial charge in [0.1, 0.15) is 0 Å². The molecular formula is C16H18ClN3OS. The highest BCUT2D eigenvalue weighted by atomic mass is 35.5. The number of nitrogens with zero attached hydrogens (tertiary/aromatic N) is 1. The molecule has 1 aromatic carbocycles. The van der Waals surface area contributed by atoms with Gasteiger partial charge in [-0.3, -0.25) is 4.79 Å². The molecule has 2 aromatic rings. The highest BCUT2D eigenvalue weighted by molar-refractivity contribution is 7.15. The lowest BCUT2D eigenvalue weighted by atomic mass is 10.1. The summed E-state index contributed by atoms with van der Waals surface area (Å²) in [5, 5.41) is 7.63. The summed E-state index contributed by atoms with van der Waals surface area (Å²) in [7, 11) is 0. The van der Waals surface area contributed by atoms with Gasteiger partial charge in [-0.15, -0.1) is 11.3 Å². The molecule has 22 heavy (non-hydrogen) atoms. The van der Waals surface area contributed by atoms with Gasteiger partial charge in [0.25, 0.3) is 0 Å². The van der Waals surface area contributed by atoms with E-state index in [1.54, 1.807) is 6.20 Å². The number of halogens is 1. The van der Waals surface area contributed by atoms with Crippen LogP contribution in [0.15, 0.2) is 30.5 Å². The van der Waals surface area contributed by atoms with E-state index in [1.165, 1.54) is 11.3 Å². The van der Waals surface area contributed by atoms with Crippen LogP contribution in [0.1, 0.15) is 29.7 Å². The molecule has 1 aliphatic rings. The maximum atomic E-state index is 12.0. The number of rotatable bonds is 5. The van der Waals surface area contributed by atoms with Gasteiger partial charge in [-0.25, -0.2) is 4.98 Å². The average molecular weight is 336 g/mol. The quantitative estimate of drug-likeness (QED) is 0.879. The Bertz CT molecular complexity index is 652. The number of carbonyl (C=O) groups is 1. The van der Waals surface area contributed by atoms with E-state index in [-0.39, 0.29) is 5.91 Å². The molecular weight excluding hydrogens is 318 g/mol. The van der Waals surface area contributed by atoms with Crippen LogP contribution in [0.2, 0.25) is 5.02 Å². The fourth-order valence-corrected chi connectivity index (χ4v) is 3.66. The Morgan fingerprint density at radius 3 is 3.09 bits per heavy atom. The van der Waals surface area contributed by atoms with E-state index in [1.807, 2.05) is 24.3 Å². The molecule has 116 valence electrons. The Morgan fingerprint density at radius 2 is 2.32 bits per heavy atom. The zero-order valence-electron chi connectivity index (χ0n) is 12.1. The highest BCUT2D eigenvalue weighted by Crippen LogP contribution is 2.24. The van der Waals surface area contributed by atoms with Crippen molar-refractivity contribution in [1.82, 2.24) is 10.3 Å². The first-order chi connectivity index (χ1) is 10.7. The molecule has 3 rings (SSSR count). The van der Waals surface area contributed by atoms with E-state index in [9.17, 15) is 4.79 Å². The normalized spacial score (nSPS) is 17.6. The molecule has 1 aliphatic heterocycles. The number of anilines is 1. The molecule has 0 bridgehead atoms. The fraction of sp³-hybridized carbons (Fsp3) is 0.375. The molecule has 6 heteroatoms. The summed E-state index contributed by atoms with van der Waals surface area (Å²) >= 11 is 7.67. The summed E-state index contributed by atoms with van der Waals surface area (Å²) in [6, 6.07) is 8.09. The lowest BCUT2D eigenvalue weighted by Crippen LogP contribution is -2.27. The molecule has 2 heterocycles. The van der Waals surface area contributed by atoms with Gasteiger partial charge in [-0.05, 0) is 31.0 Å². The highest BCUT2D eigenvalue weighted by Gasteiger charge is 2.18. The number of hydrogen-bond acceptors (Lipinski definition) is 4. The fourth-order valence-electron chi connectivity index (χ4n) is 2.60. The summed E-state index contributed by atoms with van der Waals surface area (Å²) < 4.78 is 0. The molecule has 1 amide bonds. The molecule has 1 aromatic heterocycles. The third-order valence-corrected chi connectivity index (χ3v) is 5.00. The summed E-state index contributed by atoms with van der Waals surface area (Å²) in [5.41, 5.74) is 1.07. The second-order valence-corrected chi connectivity index (χ2v) is 6.97. The van der Waals surface area contributed by atoms with Crippen molar-refractivity contribution in [2.75, 3.05) is 11.9 Å². The molecule has 0 aliphatic carbocycles. The van der Waals surface area contributed by atoms with E-state index in [0.717, 1.165) is 41.3 Å². The molecule has 1 unspecified atom stereocenters. The van der Waals surface area contributed by atoms with E-state index in [2.05, 4.69) is 15.6 Å². The number of hydrogen-bond donors (Lipinski definition) is 2. The molecule has 0 radical (unpaired) electrons. The van der Waals surface area contributed by atoms with Crippen LogP contribution in [-0.2, 0) is 11.2 Å². The first-order valence-electron chi connectivity index (χ1n) is 7.42. The van der Waals surface area contributed by atoms with Crippen LogP contribution in [0.4, 0.5) is 5.13 Å². The Balaban J connectivity index is 1.56. The predicted octanol–water partition coefficient (Wildman–Crippen LogP) is 3.47. The maximum absolute atomic E-state index is 12.0. The Kier molecular flexibility index (Phi) is 5.08. The van der Waals surface area contributed by atoms with Crippen LogP contribution < -0.4 is 10.6 Å². The summed E-state index contributed by atoms with van der Waals surface area (Å²) in [6.07, 6.45) is 5.27. The maximum Gasteiger partial charge on any atom is 0.227 e. The molecule has 1 saturated heterocycles. The second-order valence-electron chi connectivity index (χ2n) is 5.45. The lowest BCUT2D eigenvalue weighted by molar-refractivity contribution is -0.116. The number of nitrogens with one attached hydrogen (secondary N) is 2. The van der Waals surface area contributed by atoms with Crippen molar-refractivity contribution < 1.29 is 4.79 Å². The van der Waals surface area contributed by atoms with Crippen molar-refractivity contribution in [2.45, 2.75) is 31.7 Å². The molecule has 0 spiro atoms. The zero-order chi connectivity index (χ0) is 15.4. The summed E-state index contributed by atoms with van der Waals surface area (Å²) in [5.74, 6) is 0.0260. The third-order valence-electron chi connectivity index (χ3n) is 3.72. The average Bonchev–Trinajstić information content (AvgIpc) is 3.14. The smallest absolute Gasteiger partial charge is 0.227 e. The number of aromatic nitrogens is 1. The van der Waals surface area contributed by atoms with Gasteiger partial charge < -0.3 is 10.6 Å². The van der Waals surface area contributed by atoms with Crippen LogP contribution in [-0.4, -0.2) is 23.5 Å². The Morgan fingerprint density at radius 1 is 1.45 bits per heavy atom. The Labute approximate surface area is 138 Å². The summed E-state index contributed by atoms with van der Waals surface area (Å²) in [4.78, 5) is 17.3. The van der Waals surface area contributed by atoms with Crippen LogP contribution in [0.25, 0.3) is 0 Å². The van der Waals surface area contributed by atoms with Crippen molar-refractivity contribution in [1.29, 1.82) is 0 Å². The van der Waals surface area contributed by atoms with Gasteiger partial charge in [-0.1, -0.05) is 29.8 Å². The second kappa shape index (κ2) is 7.22. The molecule has 1 fully saturated rings. The SMILES string of the molecule is O=C(CC1CCCN1)Nc1ncc(Cc2ccccc2Cl)s1. The van der Waals surface area contributed by atoms with Crippen molar-refractivity contribution in [3.8, 4) is 0 Å². The molecule has 2 N–H and O–H groups in total. The van der Waals surface area contributed by atoms with Crippen molar-refractivity contribution in [3.63, 3.8) is 0 Å². The van der Waals surface area contributed by atoms with Crippen LogP contribution in [0, 0.1) is 0 Å². The number of amides is 1. The van der Waals surface area contributed by atoms with Crippen LogP contribution in [0.5, 0.6) is 0 Å². The number of benzene rings is 1. The van der Waals surface area contributed by atoms with E-state index in [0.29, 0.717) is 17.6 Å². The van der Waals surface area contributed by atoms with Gasteiger partial charge in [-0.2, -0.15) is 0 Å². The minimum Gasteiger partial charge on any atom is -0.313 e. The van der Waals surface area contributed by atoms with E-state index in [4.69, 9.17) is 11.6 Å². The Hall–Kier alpha value is -1.43. The minimum atomic E-state index is 0.0260. The largest absolute Gasteiger partial charge is 0.313 e. The van der Waals surface area contributed by atoms with Crippen LogP contribution in [0.3, 0.4) is 0 Å². The van der Waals surface area contributed by atoms with Crippen LogP contribution >= 0.6 is 22.9 Å². The lowest BCUT2D eigenvalue weighted by Gasteiger charge is -2.08.